The lowest BCUT2D eigenvalue weighted by Crippen LogP contribution is -2.51. The zero-order chi connectivity index (χ0) is 15.8. The SMILES string of the molecule is CCOC(=O)N1CCN(C(=O)CC(=O)NCC(C)C)CC1. The molecule has 0 aromatic heterocycles. The van der Waals surface area contributed by atoms with Crippen LogP contribution in [0.4, 0.5) is 4.79 Å². The smallest absolute Gasteiger partial charge is 0.409 e. The minimum atomic E-state index is -0.348. The number of piperazine rings is 1. The second-order valence-electron chi connectivity index (χ2n) is 5.44. The number of rotatable bonds is 5. The van der Waals surface area contributed by atoms with Crippen molar-refractivity contribution in [2.75, 3.05) is 39.3 Å². The highest BCUT2D eigenvalue weighted by Gasteiger charge is 2.25. The molecule has 0 atom stereocenters. The van der Waals surface area contributed by atoms with E-state index in [-0.39, 0.29) is 24.3 Å². The molecule has 1 fully saturated rings. The lowest BCUT2D eigenvalue weighted by molar-refractivity contribution is -0.137. The highest BCUT2D eigenvalue weighted by Crippen LogP contribution is 2.05. The molecule has 1 heterocycles. The first-order valence-electron chi connectivity index (χ1n) is 7.40. The predicted octanol–water partition coefficient (Wildman–Crippen LogP) is 0.449. The molecule has 1 N–H and O–H groups in total. The third-order valence-corrected chi connectivity index (χ3v) is 3.18. The van der Waals surface area contributed by atoms with Gasteiger partial charge in [-0.3, -0.25) is 9.59 Å². The van der Waals surface area contributed by atoms with Crippen molar-refractivity contribution < 1.29 is 19.1 Å². The van der Waals surface area contributed by atoms with E-state index in [4.69, 9.17) is 4.74 Å². The molecule has 1 saturated heterocycles. The minimum absolute atomic E-state index is 0.133. The summed E-state index contributed by atoms with van der Waals surface area (Å²) in [4.78, 5) is 38.3. The summed E-state index contributed by atoms with van der Waals surface area (Å²) in [6.45, 7) is 8.43. The summed E-state index contributed by atoms with van der Waals surface area (Å²) in [5, 5.41) is 2.72. The van der Waals surface area contributed by atoms with Crippen molar-refractivity contribution >= 4 is 17.9 Å². The molecule has 120 valence electrons. The Morgan fingerprint density at radius 3 is 2.19 bits per heavy atom. The average Bonchev–Trinajstić information content (AvgIpc) is 2.45. The Labute approximate surface area is 125 Å². The van der Waals surface area contributed by atoms with Gasteiger partial charge in [-0.1, -0.05) is 13.8 Å². The van der Waals surface area contributed by atoms with Crippen molar-refractivity contribution in [2.45, 2.75) is 27.2 Å². The maximum Gasteiger partial charge on any atom is 0.409 e. The van der Waals surface area contributed by atoms with E-state index >= 15 is 0 Å². The van der Waals surface area contributed by atoms with Gasteiger partial charge in [0.1, 0.15) is 6.42 Å². The van der Waals surface area contributed by atoms with Crippen LogP contribution in [0, 0.1) is 5.92 Å². The van der Waals surface area contributed by atoms with Gasteiger partial charge in [0, 0.05) is 32.7 Å². The van der Waals surface area contributed by atoms with Crippen molar-refractivity contribution in [3.8, 4) is 0 Å². The van der Waals surface area contributed by atoms with E-state index in [1.807, 2.05) is 13.8 Å². The lowest BCUT2D eigenvalue weighted by atomic mass is 10.2. The van der Waals surface area contributed by atoms with E-state index in [0.29, 0.717) is 45.2 Å². The maximum absolute atomic E-state index is 12.0. The fourth-order valence-electron chi connectivity index (χ4n) is 1.98. The summed E-state index contributed by atoms with van der Waals surface area (Å²) in [7, 11) is 0. The first-order valence-corrected chi connectivity index (χ1v) is 7.40. The molecule has 7 heteroatoms. The zero-order valence-corrected chi connectivity index (χ0v) is 13.1. The van der Waals surface area contributed by atoms with Crippen LogP contribution in [-0.2, 0) is 14.3 Å². The largest absolute Gasteiger partial charge is 0.450 e. The van der Waals surface area contributed by atoms with Crippen molar-refractivity contribution in [3.63, 3.8) is 0 Å². The Bertz CT molecular complexity index is 376. The van der Waals surface area contributed by atoms with Crippen LogP contribution in [0.15, 0.2) is 0 Å². The van der Waals surface area contributed by atoms with Gasteiger partial charge in [0.15, 0.2) is 0 Å². The van der Waals surface area contributed by atoms with Gasteiger partial charge in [-0.25, -0.2) is 4.79 Å². The van der Waals surface area contributed by atoms with Gasteiger partial charge in [0.25, 0.3) is 0 Å². The van der Waals surface area contributed by atoms with Crippen LogP contribution in [0.3, 0.4) is 0 Å². The fourth-order valence-corrected chi connectivity index (χ4v) is 1.98. The molecule has 7 nitrogen and oxygen atoms in total. The molecule has 0 bridgehead atoms. The van der Waals surface area contributed by atoms with Crippen LogP contribution < -0.4 is 5.32 Å². The summed E-state index contributed by atoms with van der Waals surface area (Å²) < 4.78 is 4.92. The van der Waals surface area contributed by atoms with Crippen LogP contribution in [0.1, 0.15) is 27.2 Å². The van der Waals surface area contributed by atoms with E-state index in [2.05, 4.69) is 5.32 Å². The molecule has 1 rings (SSSR count). The number of carbonyl (C=O) groups excluding carboxylic acids is 3. The summed E-state index contributed by atoms with van der Waals surface area (Å²) in [6, 6.07) is 0. The lowest BCUT2D eigenvalue weighted by Gasteiger charge is -2.34. The van der Waals surface area contributed by atoms with Crippen molar-refractivity contribution in [2.24, 2.45) is 5.92 Å². The molecule has 0 spiro atoms. The van der Waals surface area contributed by atoms with Gasteiger partial charge in [0.2, 0.25) is 11.8 Å². The van der Waals surface area contributed by atoms with E-state index in [9.17, 15) is 14.4 Å². The Hall–Kier alpha value is -1.79. The summed E-state index contributed by atoms with van der Waals surface area (Å²) in [6.07, 6.45) is -0.481. The monoisotopic (exact) mass is 299 g/mol. The molecule has 0 aliphatic carbocycles. The van der Waals surface area contributed by atoms with Crippen molar-refractivity contribution in [3.05, 3.63) is 0 Å². The molecule has 0 aromatic rings. The molecule has 21 heavy (non-hydrogen) atoms. The van der Waals surface area contributed by atoms with E-state index in [0.717, 1.165) is 0 Å². The highest BCUT2D eigenvalue weighted by atomic mass is 16.6. The topological polar surface area (TPSA) is 79.0 Å². The van der Waals surface area contributed by atoms with Gasteiger partial charge in [-0.15, -0.1) is 0 Å². The molecule has 1 aliphatic rings. The van der Waals surface area contributed by atoms with Gasteiger partial charge < -0.3 is 19.9 Å². The number of nitrogens with one attached hydrogen (secondary N) is 1. The number of amides is 3. The second kappa shape index (κ2) is 8.49. The molecular formula is C14H25N3O4. The molecule has 0 radical (unpaired) electrons. The standard InChI is InChI=1S/C14H25N3O4/c1-4-21-14(20)17-7-5-16(6-8-17)13(19)9-12(18)15-10-11(2)3/h11H,4-10H2,1-3H3,(H,15,18). The number of carbonyl (C=O) groups is 3. The van der Waals surface area contributed by atoms with E-state index in [1.165, 1.54) is 0 Å². The Morgan fingerprint density at radius 2 is 1.67 bits per heavy atom. The molecular weight excluding hydrogens is 274 g/mol. The zero-order valence-electron chi connectivity index (χ0n) is 13.1. The molecule has 0 unspecified atom stereocenters. The summed E-state index contributed by atoms with van der Waals surface area (Å²) in [5.41, 5.74) is 0. The van der Waals surface area contributed by atoms with Crippen molar-refractivity contribution in [1.82, 2.24) is 15.1 Å². The fraction of sp³-hybridized carbons (Fsp3) is 0.786. The normalized spacial score (nSPS) is 15.0. The average molecular weight is 299 g/mol. The van der Waals surface area contributed by atoms with Crippen molar-refractivity contribution in [1.29, 1.82) is 0 Å². The van der Waals surface area contributed by atoms with Crippen LogP contribution in [0.5, 0.6) is 0 Å². The third-order valence-electron chi connectivity index (χ3n) is 3.18. The Balaban J connectivity index is 2.31. The van der Waals surface area contributed by atoms with Gasteiger partial charge in [0.05, 0.1) is 6.61 Å². The summed E-state index contributed by atoms with van der Waals surface area (Å²) >= 11 is 0. The first kappa shape index (κ1) is 17.3. The van der Waals surface area contributed by atoms with Gasteiger partial charge >= 0.3 is 6.09 Å². The van der Waals surface area contributed by atoms with Crippen LogP contribution >= 0.6 is 0 Å². The number of ether oxygens (including phenoxy) is 1. The maximum atomic E-state index is 12.0. The Morgan fingerprint density at radius 1 is 1.10 bits per heavy atom. The van der Waals surface area contributed by atoms with Crippen LogP contribution in [0.2, 0.25) is 0 Å². The molecule has 0 saturated carbocycles. The quantitative estimate of drug-likeness (QED) is 0.748. The number of hydrogen-bond acceptors (Lipinski definition) is 4. The second-order valence-corrected chi connectivity index (χ2v) is 5.44. The molecule has 3 amide bonds. The van der Waals surface area contributed by atoms with Gasteiger partial charge in [-0.05, 0) is 12.8 Å². The van der Waals surface area contributed by atoms with E-state index in [1.54, 1.807) is 16.7 Å². The van der Waals surface area contributed by atoms with Crippen LogP contribution in [-0.4, -0.2) is 67.0 Å². The first-order chi connectivity index (χ1) is 9.93. The molecule has 1 aliphatic heterocycles. The van der Waals surface area contributed by atoms with Gasteiger partial charge in [-0.2, -0.15) is 0 Å². The number of nitrogens with zero attached hydrogens (tertiary/aromatic N) is 2. The summed E-state index contributed by atoms with van der Waals surface area (Å²) in [5.74, 6) is -0.0848. The Kier molecular flexibility index (Phi) is 6.98. The molecule has 0 aromatic carbocycles. The minimum Gasteiger partial charge on any atom is -0.450 e. The number of hydrogen-bond donors (Lipinski definition) is 1. The highest BCUT2D eigenvalue weighted by molar-refractivity contribution is 5.96. The third kappa shape index (κ3) is 6.01. The van der Waals surface area contributed by atoms with Crippen LogP contribution in [0.25, 0.3) is 0 Å². The predicted molar refractivity (Wildman–Crippen MR) is 77.6 cm³/mol. The van der Waals surface area contributed by atoms with E-state index < -0.39 is 0 Å².